The molecule has 0 saturated carbocycles. The average Bonchev–Trinajstić information content (AvgIpc) is 3.92. The van der Waals surface area contributed by atoms with Crippen molar-refractivity contribution in [1.82, 2.24) is 0 Å². The molecule has 2 heterocycles. The Morgan fingerprint density at radius 2 is 0.952 bits per heavy atom. The molecule has 1 nitrogen and oxygen atoms in total. The highest BCUT2D eigenvalue weighted by Gasteiger charge is 2.33. The summed E-state index contributed by atoms with van der Waals surface area (Å²) in [6, 6.07) is 85.8. The summed E-state index contributed by atoms with van der Waals surface area (Å²) in [7, 11) is -1.66. The van der Waals surface area contributed by atoms with Gasteiger partial charge >= 0.3 is 0 Å². The minimum absolute atomic E-state index is 1.12. The van der Waals surface area contributed by atoms with Gasteiger partial charge in [-0.25, -0.2) is 0 Å². The number of nitrogens with zero attached hydrogens (tertiary/aromatic N) is 1. The van der Waals surface area contributed by atoms with Crippen molar-refractivity contribution >= 4 is 105 Å². The fourth-order valence-corrected chi connectivity index (χ4v) is 15.1. The zero-order valence-corrected chi connectivity index (χ0v) is 36.3. The van der Waals surface area contributed by atoms with Crippen molar-refractivity contribution in [3.8, 4) is 33.4 Å². The van der Waals surface area contributed by atoms with Crippen LogP contribution in [-0.4, -0.2) is 8.80 Å². The van der Waals surface area contributed by atoms with Gasteiger partial charge in [0.2, 0.25) is 0 Å². The Morgan fingerprint density at radius 1 is 0.349 bits per heavy atom. The van der Waals surface area contributed by atoms with E-state index in [1.807, 2.05) is 11.3 Å². The van der Waals surface area contributed by atoms with E-state index in [4.69, 9.17) is 0 Å². The van der Waals surface area contributed by atoms with E-state index in [0.29, 0.717) is 0 Å². The summed E-state index contributed by atoms with van der Waals surface area (Å²) in [5.41, 5.74) is 11.1. The van der Waals surface area contributed by atoms with Gasteiger partial charge in [-0.15, -0.1) is 11.3 Å². The van der Waals surface area contributed by atoms with E-state index in [1.165, 1.54) is 101 Å². The van der Waals surface area contributed by atoms with Gasteiger partial charge in [0.05, 0.1) is 5.69 Å². The second kappa shape index (κ2) is 14.5. The highest BCUT2D eigenvalue weighted by molar-refractivity contribution is 7.26. The van der Waals surface area contributed by atoms with Crippen LogP contribution in [0, 0.1) is 0 Å². The minimum atomic E-state index is -1.66. The van der Waals surface area contributed by atoms with E-state index < -0.39 is 8.80 Å². The number of hydrogen-bond donors (Lipinski definition) is 0. The van der Waals surface area contributed by atoms with Crippen LogP contribution in [0.3, 0.4) is 0 Å². The summed E-state index contributed by atoms with van der Waals surface area (Å²) >= 11 is 1.92. The summed E-state index contributed by atoms with van der Waals surface area (Å²) in [5.74, 6) is 0. The van der Waals surface area contributed by atoms with Crippen molar-refractivity contribution in [2.45, 2.75) is 0 Å². The van der Waals surface area contributed by atoms with Crippen LogP contribution in [0.15, 0.2) is 231 Å². The van der Waals surface area contributed by atoms with E-state index in [2.05, 4.69) is 235 Å². The molecular formula is C60H39NSSi. The molecule has 0 spiro atoms. The number of benzene rings is 11. The van der Waals surface area contributed by atoms with Gasteiger partial charge in [0.1, 0.15) is 8.80 Å². The van der Waals surface area contributed by atoms with Crippen LogP contribution in [0.25, 0.3) is 85.9 Å². The van der Waals surface area contributed by atoms with Crippen LogP contribution in [0.1, 0.15) is 0 Å². The normalized spacial score (nSPS) is 13.2. The van der Waals surface area contributed by atoms with E-state index in [-0.39, 0.29) is 0 Å². The fourth-order valence-electron chi connectivity index (χ4n) is 10.5. The molecule has 0 aliphatic carbocycles. The molecule has 3 heteroatoms. The summed E-state index contributed by atoms with van der Waals surface area (Å²) < 4.78 is 2.66. The molecule has 0 saturated heterocycles. The zero-order valence-electron chi connectivity index (χ0n) is 34.4. The van der Waals surface area contributed by atoms with Crippen LogP contribution in [0.4, 0.5) is 17.1 Å². The van der Waals surface area contributed by atoms with Gasteiger partial charge in [0.15, 0.2) is 0 Å². The van der Waals surface area contributed by atoms with Crippen LogP contribution >= 0.6 is 11.3 Å². The summed E-state index contributed by atoms with van der Waals surface area (Å²) in [4.78, 5) is 2.44. The van der Waals surface area contributed by atoms with Crippen molar-refractivity contribution < 1.29 is 0 Å². The maximum absolute atomic E-state index is 2.45. The Kier molecular flexibility index (Phi) is 8.33. The van der Waals surface area contributed by atoms with Gasteiger partial charge in [0.25, 0.3) is 0 Å². The van der Waals surface area contributed by atoms with Crippen molar-refractivity contribution in [3.63, 3.8) is 0 Å². The first-order valence-electron chi connectivity index (χ1n) is 21.8. The molecule has 0 bridgehead atoms. The maximum Gasteiger partial charge on any atom is 0.134 e. The topological polar surface area (TPSA) is 3.24 Å². The third kappa shape index (κ3) is 5.74. The molecule has 0 N–H and O–H groups in total. The lowest BCUT2D eigenvalue weighted by Crippen LogP contribution is -2.48. The standard InChI is InChI=1S/C60H39NSSi/c1-3-14-39(15-4-1)40-26-32-44(33-27-40)61(52-38-43-16-7-8-19-47(43)49-20-9-10-21-50(49)52)45-34-28-41(29-35-45)48-23-13-24-53-58(48)60-54(62-53)36-30-42-31-37-56-59(57(42)60)51-22-11-12-25-55(51)63(56)46-17-5-2-6-18-46/h1-38,63H. The Hall–Kier alpha value is -7.56. The third-order valence-corrected chi connectivity index (χ3v) is 17.7. The van der Waals surface area contributed by atoms with Crippen molar-refractivity contribution in [3.05, 3.63) is 231 Å². The highest BCUT2D eigenvalue weighted by atomic mass is 32.1. The lowest BCUT2D eigenvalue weighted by Gasteiger charge is -2.28. The van der Waals surface area contributed by atoms with Crippen molar-refractivity contribution in [2.75, 3.05) is 4.90 Å². The molecule has 1 aromatic heterocycles. The number of anilines is 3. The molecular weight excluding hydrogens is 795 g/mol. The Labute approximate surface area is 372 Å². The van der Waals surface area contributed by atoms with E-state index >= 15 is 0 Å². The number of rotatable bonds is 6. The largest absolute Gasteiger partial charge is 0.310 e. The smallest absolute Gasteiger partial charge is 0.134 e. The summed E-state index contributed by atoms with van der Waals surface area (Å²) in [6.07, 6.45) is 0. The second-order valence-corrected chi connectivity index (χ2v) is 20.6. The van der Waals surface area contributed by atoms with Gasteiger partial charge < -0.3 is 4.90 Å². The van der Waals surface area contributed by atoms with Crippen LogP contribution in [0.2, 0.25) is 0 Å². The number of thiophene rings is 1. The molecule has 0 amide bonds. The molecule has 0 fully saturated rings. The molecule has 13 rings (SSSR count). The second-order valence-electron chi connectivity index (χ2n) is 16.7. The Morgan fingerprint density at radius 3 is 1.75 bits per heavy atom. The quantitative estimate of drug-likeness (QED) is 0.119. The van der Waals surface area contributed by atoms with E-state index in [9.17, 15) is 0 Å². The average molecular weight is 834 g/mol. The molecule has 1 unspecified atom stereocenters. The van der Waals surface area contributed by atoms with E-state index in [0.717, 1.165) is 17.1 Å². The maximum atomic E-state index is 2.45. The predicted molar refractivity (Wildman–Crippen MR) is 275 cm³/mol. The lowest BCUT2D eigenvalue weighted by molar-refractivity contribution is 1.30. The Balaban J connectivity index is 1.00. The minimum Gasteiger partial charge on any atom is -0.310 e. The number of hydrogen-bond acceptors (Lipinski definition) is 2. The van der Waals surface area contributed by atoms with Crippen molar-refractivity contribution in [2.24, 2.45) is 0 Å². The fraction of sp³-hybridized carbons (Fsp3) is 0. The highest BCUT2D eigenvalue weighted by Crippen LogP contribution is 2.47. The summed E-state index contributed by atoms with van der Waals surface area (Å²) in [6.45, 7) is 0. The van der Waals surface area contributed by atoms with Crippen molar-refractivity contribution in [1.29, 1.82) is 0 Å². The van der Waals surface area contributed by atoms with Crippen LogP contribution < -0.4 is 20.5 Å². The van der Waals surface area contributed by atoms with Crippen LogP contribution in [0.5, 0.6) is 0 Å². The molecule has 1 aliphatic heterocycles. The first-order valence-corrected chi connectivity index (χ1v) is 24.3. The molecule has 1 aliphatic rings. The van der Waals surface area contributed by atoms with Gasteiger partial charge in [-0.2, -0.15) is 0 Å². The monoisotopic (exact) mass is 833 g/mol. The molecule has 12 aromatic rings. The van der Waals surface area contributed by atoms with E-state index in [1.54, 1.807) is 0 Å². The van der Waals surface area contributed by atoms with Gasteiger partial charge in [-0.3, -0.25) is 0 Å². The molecule has 0 radical (unpaired) electrons. The lowest BCUT2D eigenvalue weighted by atomic mass is 9.92. The predicted octanol–water partition coefficient (Wildman–Crippen LogP) is 14.5. The molecule has 1 atom stereocenters. The molecule has 294 valence electrons. The van der Waals surface area contributed by atoms with Gasteiger partial charge in [0, 0.05) is 36.9 Å². The van der Waals surface area contributed by atoms with Gasteiger partial charge in [-0.05, 0) is 113 Å². The first-order chi connectivity index (χ1) is 31.3. The SMILES string of the molecule is c1ccc(-c2ccc(N(c3ccc(-c4cccc5sc6ccc7ccc8c(c7c6c45)-c4ccccc4[SiH]8c4ccccc4)cc3)c3cc4ccccc4c4ccccc34)cc2)cc1. The summed E-state index contributed by atoms with van der Waals surface area (Å²) in [5, 5.41) is 14.9. The molecule has 11 aromatic carbocycles. The first kappa shape index (κ1) is 36.1. The van der Waals surface area contributed by atoms with Crippen LogP contribution in [-0.2, 0) is 0 Å². The van der Waals surface area contributed by atoms with Gasteiger partial charge in [-0.1, -0.05) is 193 Å². The molecule has 63 heavy (non-hydrogen) atoms. The number of fused-ring (bicyclic) bond motifs is 12. The zero-order chi connectivity index (χ0) is 41.4. The third-order valence-electron chi connectivity index (χ3n) is 13.3. The Bertz CT molecular complexity index is 3720.